The smallest absolute Gasteiger partial charge is 0.383 e. The van der Waals surface area contributed by atoms with E-state index in [1.54, 1.807) is 0 Å². The number of hydrogen-bond donors (Lipinski definition) is 2. The van der Waals surface area contributed by atoms with Gasteiger partial charge in [-0.25, -0.2) is 18.7 Å². The van der Waals surface area contributed by atoms with E-state index in [2.05, 4.69) is 15.3 Å². The topological polar surface area (TPSA) is 106 Å². The first-order valence-electron chi connectivity index (χ1n) is 11.7. The molecule has 1 saturated heterocycles. The summed E-state index contributed by atoms with van der Waals surface area (Å²) in [4.78, 5) is 35.3. The number of nitrogens with one attached hydrogen (secondary N) is 1. The van der Waals surface area contributed by atoms with E-state index in [0.717, 1.165) is 23.4 Å². The highest BCUT2D eigenvalue weighted by Crippen LogP contribution is 2.36. The number of nitrogens with zero attached hydrogens (tertiary/aromatic N) is 4. The molecule has 1 aliphatic heterocycles. The monoisotopic (exact) mass is 566 g/mol. The molecule has 204 valence electrons. The average molecular weight is 567 g/mol. The van der Waals surface area contributed by atoms with Crippen LogP contribution in [0.1, 0.15) is 17.5 Å². The highest BCUT2D eigenvalue weighted by Gasteiger charge is 2.40. The van der Waals surface area contributed by atoms with Gasteiger partial charge in [0.25, 0.3) is 0 Å². The zero-order chi connectivity index (χ0) is 28.1. The molecular weight excluding hydrogens is 547 g/mol. The van der Waals surface area contributed by atoms with Crippen molar-refractivity contribution in [2.75, 3.05) is 12.3 Å². The Balaban J connectivity index is 1.43. The number of nitrogens with two attached hydrogens (primary N) is 1. The van der Waals surface area contributed by atoms with Gasteiger partial charge in [-0.2, -0.15) is 13.2 Å². The predicted molar refractivity (Wildman–Crippen MR) is 133 cm³/mol. The van der Waals surface area contributed by atoms with Gasteiger partial charge in [0.1, 0.15) is 42.4 Å². The maximum atomic E-state index is 14.4. The molecule has 0 spiro atoms. The van der Waals surface area contributed by atoms with Crippen molar-refractivity contribution in [1.29, 1.82) is 0 Å². The summed E-state index contributed by atoms with van der Waals surface area (Å²) < 4.78 is 70.1. The van der Waals surface area contributed by atoms with Gasteiger partial charge >= 0.3 is 6.18 Å². The Morgan fingerprint density at radius 3 is 2.69 bits per heavy atom. The number of fused-ring (bicyclic) bond motifs is 3. The van der Waals surface area contributed by atoms with E-state index in [1.165, 1.54) is 28.8 Å². The van der Waals surface area contributed by atoms with E-state index in [1.807, 2.05) is 0 Å². The van der Waals surface area contributed by atoms with Gasteiger partial charge in [-0.05, 0) is 24.3 Å². The van der Waals surface area contributed by atoms with Crippen molar-refractivity contribution in [2.24, 2.45) is 0 Å². The van der Waals surface area contributed by atoms with E-state index in [-0.39, 0.29) is 57.9 Å². The fourth-order valence-corrected chi connectivity index (χ4v) is 4.99. The minimum atomic E-state index is -4.62. The summed E-state index contributed by atoms with van der Waals surface area (Å²) in [5, 5.41) is 2.61. The number of aromatic nitrogens is 3. The molecule has 1 aliphatic rings. The molecule has 4 aromatic rings. The number of rotatable bonds is 5. The third kappa shape index (κ3) is 4.93. The first kappa shape index (κ1) is 26.6. The summed E-state index contributed by atoms with van der Waals surface area (Å²) in [5.41, 5.74) is 5.48. The predicted octanol–water partition coefficient (Wildman–Crippen LogP) is 4.23. The molecule has 0 bridgehead atoms. The van der Waals surface area contributed by atoms with Crippen molar-refractivity contribution >= 4 is 51.2 Å². The number of benzene rings is 2. The third-order valence-corrected chi connectivity index (χ3v) is 6.94. The van der Waals surface area contributed by atoms with Crippen LogP contribution in [0.2, 0.25) is 5.02 Å². The van der Waals surface area contributed by atoms with Gasteiger partial charge in [0, 0.05) is 23.9 Å². The number of alkyl halides is 4. The van der Waals surface area contributed by atoms with Crippen LogP contribution in [-0.4, -0.2) is 50.0 Å². The van der Waals surface area contributed by atoms with Crippen LogP contribution in [0.5, 0.6) is 0 Å². The molecule has 3 heterocycles. The third-order valence-electron chi connectivity index (χ3n) is 6.65. The second kappa shape index (κ2) is 9.95. The fraction of sp³-hybridized carbons (Fsp3) is 0.280. The minimum Gasteiger partial charge on any atom is -0.383 e. The molecule has 14 heteroatoms. The van der Waals surface area contributed by atoms with Crippen LogP contribution in [0.3, 0.4) is 0 Å². The van der Waals surface area contributed by atoms with E-state index >= 15 is 0 Å². The molecule has 2 amide bonds. The minimum absolute atomic E-state index is 0.0778. The van der Waals surface area contributed by atoms with Crippen LogP contribution in [0.4, 0.5) is 27.8 Å². The van der Waals surface area contributed by atoms with E-state index in [9.17, 15) is 31.5 Å². The van der Waals surface area contributed by atoms with Crippen LogP contribution in [0.25, 0.3) is 21.9 Å². The van der Waals surface area contributed by atoms with Crippen molar-refractivity contribution in [1.82, 2.24) is 24.8 Å². The summed E-state index contributed by atoms with van der Waals surface area (Å²) in [6.07, 6.45) is -5.27. The molecule has 2 aromatic carbocycles. The SMILES string of the molecule is Nc1ncnc2c1c1cc(C(F)(F)F)ccc1n2CC(=O)N1C[C@H](F)C[C@H]1C(=O)NCc1cccc(Cl)c1F. The Morgan fingerprint density at radius 1 is 1.18 bits per heavy atom. The standard InChI is InChI=1S/C25H20ClF5N6O2/c26-16-3-1-2-12(21(16)28)8-33-24(39)18-7-14(27)9-36(18)19(38)10-37-17-5-4-13(25(29,30)31)6-15(17)20-22(32)34-11-35-23(20)37/h1-6,11,14,18H,7-10H2,(H,33,39)(H2,32,34,35)/t14-,18+/m1/s1. The number of carbonyl (C=O) groups is 2. The maximum absolute atomic E-state index is 14.4. The summed E-state index contributed by atoms with van der Waals surface area (Å²) in [6, 6.07) is 6.07. The molecule has 0 radical (unpaired) electrons. The Bertz CT molecular complexity index is 1610. The zero-order valence-corrected chi connectivity index (χ0v) is 20.7. The summed E-state index contributed by atoms with van der Waals surface area (Å²) in [5.74, 6) is -2.14. The summed E-state index contributed by atoms with van der Waals surface area (Å²) >= 11 is 5.77. The van der Waals surface area contributed by atoms with Crippen LogP contribution in [-0.2, 0) is 28.9 Å². The number of hydrogen-bond acceptors (Lipinski definition) is 5. The van der Waals surface area contributed by atoms with Gasteiger partial charge in [-0.15, -0.1) is 0 Å². The molecule has 0 unspecified atom stereocenters. The van der Waals surface area contributed by atoms with Gasteiger partial charge in [0.2, 0.25) is 11.8 Å². The van der Waals surface area contributed by atoms with Crippen LogP contribution < -0.4 is 11.1 Å². The Morgan fingerprint density at radius 2 is 1.95 bits per heavy atom. The highest BCUT2D eigenvalue weighted by molar-refractivity contribution is 6.30. The number of carbonyl (C=O) groups excluding carboxylic acids is 2. The van der Waals surface area contributed by atoms with Gasteiger partial charge in [-0.1, -0.05) is 23.7 Å². The number of anilines is 1. The van der Waals surface area contributed by atoms with Crippen molar-refractivity contribution in [3.8, 4) is 0 Å². The van der Waals surface area contributed by atoms with Crippen molar-refractivity contribution in [3.63, 3.8) is 0 Å². The molecular formula is C25H20ClF5N6O2. The average Bonchev–Trinajstić information content (AvgIpc) is 3.43. The van der Waals surface area contributed by atoms with Gasteiger partial charge in [0.05, 0.1) is 28.0 Å². The number of amides is 2. The van der Waals surface area contributed by atoms with Crippen LogP contribution >= 0.6 is 11.6 Å². The van der Waals surface area contributed by atoms with E-state index in [0.29, 0.717) is 0 Å². The van der Waals surface area contributed by atoms with E-state index in [4.69, 9.17) is 17.3 Å². The first-order valence-corrected chi connectivity index (χ1v) is 12.1. The Kier molecular flexibility index (Phi) is 6.79. The Labute approximate surface area is 222 Å². The summed E-state index contributed by atoms with van der Waals surface area (Å²) in [7, 11) is 0. The van der Waals surface area contributed by atoms with Gasteiger partial charge in [0.15, 0.2) is 0 Å². The molecule has 2 aromatic heterocycles. The van der Waals surface area contributed by atoms with Crippen molar-refractivity contribution in [3.05, 3.63) is 64.7 Å². The maximum Gasteiger partial charge on any atom is 0.416 e. The second-order valence-corrected chi connectivity index (χ2v) is 9.51. The van der Waals surface area contributed by atoms with Crippen molar-refractivity contribution < 1.29 is 31.5 Å². The number of nitrogen functional groups attached to an aromatic ring is 1. The molecule has 8 nitrogen and oxygen atoms in total. The zero-order valence-electron chi connectivity index (χ0n) is 20.0. The summed E-state index contributed by atoms with van der Waals surface area (Å²) in [6.45, 7) is -1.05. The normalized spacial score (nSPS) is 17.7. The lowest BCUT2D eigenvalue weighted by Crippen LogP contribution is -2.46. The molecule has 3 N–H and O–H groups in total. The highest BCUT2D eigenvalue weighted by atomic mass is 35.5. The lowest BCUT2D eigenvalue weighted by atomic mass is 10.1. The number of halogens is 6. The quantitative estimate of drug-likeness (QED) is 0.352. The molecule has 39 heavy (non-hydrogen) atoms. The molecule has 0 saturated carbocycles. The van der Waals surface area contributed by atoms with E-state index < -0.39 is 48.1 Å². The fourth-order valence-electron chi connectivity index (χ4n) is 4.79. The van der Waals surface area contributed by atoms with Gasteiger partial charge < -0.3 is 20.5 Å². The molecule has 0 aliphatic carbocycles. The molecule has 2 atom stereocenters. The largest absolute Gasteiger partial charge is 0.416 e. The number of likely N-dealkylation sites (tertiary alicyclic amines) is 1. The Hall–Kier alpha value is -4.00. The molecule has 1 fully saturated rings. The van der Waals surface area contributed by atoms with Gasteiger partial charge in [-0.3, -0.25) is 9.59 Å². The molecule has 5 rings (SSSR count). The van der Waals surface area contributed by atoms with Crippen LogP contribution in [0, 0.1) is 5.82 Å². The lowest BCUT2D eigenvalue weighted by Gasteiger charge is -2.24. The lowest BCUT2D eigenvalue weighted by molar-refractivity contribution is -0.139. The van der Waals surface area contributed by atoms with Crippen molar-refractivity contribution in [2.45, 2.75) is 37.9 Å². The first-order chi connectivity index (χ1) is 18.5. The van der Waals surface area contributed by atoms with Crippen LogP contribution in [0.15, 0.2) is 42.7 Å². The second-order valence-electron chi connectivity index (χ2n) is 9.10.